The lowest BCUT2D eigenvalue weighted by molar-refractivity contribution is 0.0559. The summed E-state index contributed by atoms with van der Waals surface area (Å²) in [5, 5.41) is -0.284. The van der Waals surface area contributed by atoms with Crippen molar-refractivity contribution in [3.8, 4) is 0 Å². The Labute approximate surface area is 117 Å². The monoisotopic (exact) mass is 302 g/mol. The topological polar surface area (TPSA) is 112 Å². The van der Waals surface area contributed by atoms with Crippen molar-refractivity contribution in [3.63, 3.8) is 0 Å². The second-order valence-corrected chi connectivity index (χ2v) is 6.49. The minimum atomic E-state index is -3.76. The maximum atomic E-state index is 12.1. The van der Waals surface area contributed by atoms with E-state index in [1.165, 1.54) is 19.2 Å². The molecular formula is C12H18N2O5S. The first-order valence-corrected chi connectivity index (χ1v) is 7.87. The highest BCUT2D eigenvalue weighted by Crippen LogP contribution is 2.20. The summed E-state index contributed by atoms with van der Waals surface area (Å²) in [6.07, 6.45) is 2.98. The SMILES string of the molecule is COC(=O)c1ccc(S(=O)(=O)NC2CCC(N)CC2)o1. The van der Waals surface area contributed by atoms with Gasteiger partial charge in [-0.1, -0.05) is 0 Å². The number of nitrogens with one attached hydrogen (secondary N) is 1. The van der Waals surface area contributed by atoms with Gasteiger partial charge in [-0.05, 0) is 37.8 Å². The molecule has 0 atom stereocenters. The van der Waals surface area contributed by atoms with E-state index >= 15 is 0 Å². The number of carbonyl (C=O) groups excluding carboxylic acids is 1. The van der Waals surface area contributed by atoms with Gasteiger partial charge >= 0.3 is 5.97 Å². The van der Waals surface area contributed by atoms with Gasteiger partial charge in [-0.3, -0.25) is 0 Å². The van der Waals surface area contributed by atoms with Crippen LogP contribution in [0.3, 0.4) is 0 Å². The highest BCUT2D eigenvalue weighted by Gasteiger charge is 2.27. The van der Waals surface area contributed by atoms with E-state index in [0.29, 0.717) is 12.8 Å². The number of carbonyl (C=O) groups is 1. The fourth-order valence-electron chi connectivity index (χ4n) is 2.19. The third-order valence-electron chi connectivity index (χ3n) is 3.33. The molecule has 1 saturated carbocycles. The Kier molecular flexibility index (Phi) is 4.46. The number of rotatable bonds is 4. The van der Waals surface area contributed by atoms with E-state index < -0.39 is 16.0 Å². The van der Waals surface area contributed by atoms with E-state index in [2.05, 4.69) is 9.46 Å². The summed E-state index contributed by atoms with van der Waals surface area (Å²) in [6.45, 7) is 0. The zero-order valence-corrected chi connectivity index (χ0v) is 12.0. The zero-order chi connectivity index (χ0) is 14.8. The maximum Gasteiger partial charge on any atom is 0.374 e. The van der Waals surface area contributed by atoms with Gasteiger partial charge < -0.3 is 14.9 Å². The van der Waals surface area contributed by atoms with Crippen LogP contribution in [0.15, 0.2) is 21.6 Å². The Hall–Kier alpha value is -1.38. The summed E-state index contributed by atoms with van der Waals surface area (Å²) in [4.78, 5) is 11.2. The van der Waals surface area contributed by atoms with E-state index in [1.807, 2.05) is 0 Å². The molecule has 0 radical (unpaired) electrons. The molecule has 112 valence electrons. The van der Waals surface area contributed by atoms with Crippen LogP contribution in [-0.2, 0) is 14.8 Å². The second-order valence-electron chi connectivity index (χ2n) is 4.84. The largest absolute Gasteiger partial charge is 0.463 e. The molecule has 0 saturated heterocycles. The number of ether oxygens (including phenoxy) is 1. The number of methoxy groups -OCH3 is 1. The standard InChI is InChI=1S/C12H18N2O5S/c1-18-12(15)10-6-7-11(19-10)20(16,17)14-9-4-2-8(13)3-5-9/h6-9,14H,2-5,13H2,1H3. The molecule has 1 heterocycles. The van der Waals surface area contributed by atoms with Crippen LogP contribution in [0.2, 0.25) is 0 Å². The summed E-state index contributed by atoms with van der Waals surface area (Å²) < 4.78 is 36.3. The van der Waals surface area contributed by atoms with Gasteiger partial charge in [0.25, 0.3) is 10.0 Å². The van der Waals surface area contributed by atoms with Crippen molar-refractivity contribution in [2.45, 2.75) is 42.9 Å². The van der Waals surface area contributed by atoms with Crippen molar-refractivity contribution in [2.75, 3.05) is 7.11 Å². The third kappa shape index (κ3) is 3.38. The van der Waals surface area contributed by atoms with Gasteiger partial charge in [-0.25, -0.2) is 17.9 Å². The van der Waals surface area contributed by atoms with Crippen LogP contribution in [0.4, 0.5) is 0 Å². The van der Waals surface area contributed by atoms with Gasteiger partial charge in [-0.15, -0.1) is 0 Å². The van der Waals surface area contributed by atoms with Crippen LogP contribution >= 0.6 is 0 Å². The summed E-state index contributed by atoms with van der Waals surface area (Å²) in [7, 11) is -2.57. The molecule has 20 heavy (non-hydrogen) atoms. The predicted molar refractivity (Wildman–Crippen MR) is 70.6 cm³/mol. The Morgan fingerprint density at radius 2 is 2.00 bits per heavy atom. The molecule has 0 amide bonds. The van der Waals surface area contributed by atoms with Crippen LogP contribution in [0, 0.1) is 0 Å². The highest BCUT2D eigenvalue weighted by atomic mass is 32.2. The molecule has 0 unspecified atom stereocenters. The number of hydrogen-bond acceptors (Lipinski definition) is 6. The van der Waals surface area contributed by atoms with Crippen LogP contribution in [0.25, 0.3) is 0 Å². The van der Waals surface area contributed by atoms with Crippen LogP contribution in [0.1, 0.15) is 36.2 Å². The summed E-state index contributed by atoms with van der Waals surface area (Å²) >= 11 is 0. The summed E-state index contributed by atoms with van der Waals surface area (Å²) in [5.74, 6) is -0.853. The molecule has 0 bridgehead atoms. The first-order valence-electron chi connectivity index (χ1n) is 6.38. The van der Waals surface area contributed by atoms with Gasteiger partial charge in [0, 0.05) is 12.1 Å². The van der Waals surface area contributed by atoms with Crippen molar-refractivity contribution in [3.05, 3.63) is 17.9 Å². The summed E-state index contributed by atoms with van der Waals surface area (Å²) in [5.41, 5.74) is 5.78. The maximum absolute atomic E-state index is 12.1. The van der Waals surface area contributed by atoms with Gasteiger partial charge in [-0.2, -0.15) is 0 Å². The quantitative estimate of drug-likeness (QED) is 0.788. The van der Waals surface area contributed by atoms with E-state index in [-0.39, 0.29) is 22.9 Å². The number of esters is 1. The molecule has 1 aromatic heterocycles. The molecule has 2 rings (SSSR count). The lowest BCUT2D eigenvalue weighted by Gasteiger charge is -2.26. The third-order valence-corrected chi connectivity index (χ3v) is 4.72. The van der Waals surface area contributed by atoms with E-state index in [0.717, 1.165) is 12.8 Å². The second kappa shape index (κ2) is 5.94. The molecular weight excluding hydrogens is 284 g/mol. The van der Waals surface area contributed by atoms with Crippen molar-refractivity contribution in [2.24, 2.45) is 5.73 Å². The van der Waals surface area contributed by atoms with Crippen molar-refractivity contribution in [1.29, 1.82) is 0 Å². The van der Waals surface area contributed by atoms with E-state index in [9.17, 15) is 13.2 Å². The average molecular weight is 302 g/mol. The average Bonchev–Trinajstić information content (AvgIpc) is 2.91. The number of furan rings is 1. The minimum absolute atomic E-state index is 0.140. The Morgan fingerprint density at radius 1 is 1.35 bits per heavy atom. The van der Waals surface area contributed by atoms with E-state index in [4.69, 9.17) is 10.2 Å². The summed E-state index contributed by atoms with van der Waals surface area (Å²) in [6, 6.07) is 2.51. The smallest absolute Gasteiger partial charge is 0.374 e. The van der Waals surface area contributed by atoms with Gasteiger partial charge in [0.1, 0.15) is 0 Å². The van der Waals surface area contributed by atoms with Crippen LogP contribution in [0.5, 0.6) is 0 Å². The Morgan fingerprint density at radius 3 is 2.60 bits per heavy atom. The molecule has 0 aliphatic heterocycles. The Balaban J connectivity index is 2.06. The Bertz CT molecular complexity index is 572. The first-order chi connectivity index (χ1) is 9.42. The van der Waals surface area contributed by atoms with Crippen molar-refractivity contribution in [1.82, 2.24) is 4.72 Å². The molecule has 0 aromatic carbocycles. The number of hydrogen-bond donors (Lipinski definition) is 2. The van der Waals surface area contributed by atoms with Gasteiger partial charge in [0.05, 0.1) is 7.11 Å². The molecule has 0 spiro atoms. The fraction of sp³-hybridized carbons (Fsp3) is 0.583. The fourth-order valence-corrected chi connectivity index (χ4v) is 3.43. The van der Waals surface area contributed by atoms with Crippen molar-refractivity contribution >= 4 is 16.0 Å². The molecule has 1 aromatic rings. The highest BCUT2D eigenvalue weighted by molar-refractivity contribution is 7.89. The lowest BCUT2D eigenvalue weighted by Crippen LogP contribution is -2.40. The normalized spacial score (nSPS) is 23.5. The molecule has 1 aliphatic rings. The zero-order valence-electron chi connectivity index (χ0n) is 11.2. The van der Waals surface area contributed by atoms with Crippen LogP contribution < -0.4 is 10.5 Å². The number of sulfonamides is 1. The van der Waals surface area contributed by atoms with Gasteiger partial charge in [0.2, 0.25) is 10.9 Å². The van der Waals surface area contributed by atoms with Crippen molar-refractivity contribution < 1.29 is 22.4 Å². The van der Waals surface area contributed by atoms with Gasteiger partial charge in [0.15, 0.2) is 0 Å². The molecule has 3 N–H and O–H groups in total. The minimum Gasteiger partial charge on any atom is -0.463 e. The molecule has 1 aliphatic carbocycles. The molecule has 7 nitrogen and oxygen atoms in total. The first kappa shape index (κ1) is 15.0. The van der Waals surface area contributed by atoms with E-state index in [1.54, 1.807) is 0 Å². The molecule has 1 fully saturated rings. The predicted octanol–water partition coefficient (Wildman–Crippen LogP) is 0.614. The van der Waals surface area contributed by atoms with Crippen LogP contribution in [-0.4, -0.2) is 33.6 Å². The number of nitrogens with two attached hydrogens (primary N) is 1. The molecule has 8 heteroatoms. The lowest BCUT2D eigenvalue weighted by atomic mass is 9.93.